The summed E-state index contributed by atoms with van der Waals surface area (Å²) in [6, 6.07) is 11.4. The van der Waals surface area contributed by atoms with Crippen LogP contribution in [-0.4, -0.2) is 11.6 Å². The average molecular weight is 336 g/mol. The molecule has 0 amide bonds. The maximum Gasteiger partial charge on any atom is 0.128 e. The van der Waals surface area contributed by atoms with Gasteiger partial charge in [-0.2, -0.15) is 0 Å². The third-order valence-corrected chi connectivity index (χ3v) is 5.67. The number of fused-ring (bicyclic) bond motifs is 7. The van der Waals surface area contributed by atoms with Crippen LogP contribution in [0.25, 0.3) is 10.9 Å². The molecule has 2 bridgehead atoms. The molecule has 0 N–H and O–H groups in total. The van der Waals surface area contributed by atoms with E-state index in [1.807, 2.05) is 19.2 Å². The summed E-state index contributed by atoms with van der Waals surface area (Å²) in [7, 11) is 4.13. The van der Waals surface area contributed by atoms with Gasteiger partial charge in [-0.05, 0) is 36.6 Å². The SMILES string of the molecule is CN(Cc1ccccc1F)c1cc2c(c3c1ccn3C)[C@@H]1CC[C@H]2O1. The summed E-state index contributed by atoms with van der Waals surface area (Å²) in [5, 5.41) is 1.22. The normalized spacial score (nSPS) is 21.1. The van der Waals surface area contributed by atoms with E-state index in [-0.39, 0.29) is 18.0 Å². The standard InChI is InChI=1S/C21H21FN2O/c1-23-10-9-14-17(24(2)12-13-5-3-4-6-16(13)22)11-15-18-7-8-19(25-18)20(15)21(14)23/h3-6,9-11,18-19H,7-8,12H2,1-2H3/t18-,19+/m1/s1. The Labute approximate surface area is 146 Å². The maximum absolute atomic E-state index is 14.1. The van der Waals surface area contributed by atoms with Crippen molar-refractivity contribution in [2.45, 2.75) is 31.6 Å². The molecule has 128 valence electrons. The number of benzene rings is 2. The number of halogens is 1. The van der Waals surface area contributed by atoms with Crippen molar-refractivity contribution in [2.24, 2.45) is 7.05 Å². The number of rotatable bonds is 3. The molecule has 3 aromatic rings. The van der Waals surface area contributed by atoms with Crippen LogP contribution in [0.15, 0.2) is 42.6 Å². The highest BCUT2D eigenvalue weighted by Crippen LogP contribution is 2.54. The lowest BCUT2D eigenvalue weighted by Gasteiger charge is -2.24. The van der Waals surface area contributed by atoms with Crippen molar-refractivity contribution >= 4 is 16.6 Å². The van der Waals surface area contributed by atoms with Crippen LogP contribution in [0.3, 0.4) is 0 Å². The molecule has 0 radical (unpaired) electrons. The minimum atomic E-state index is -0.151. The second-order valence-electron chi connectivity index (χ2n) is 7.23. The van der Waals surface area contributed by atoms with Crippen LogP contribution in [0.2, 0.25) is 0 Å². The second-order valence-corrected chi connectivity index (χ2v) is 7.23. The fourth-order valence-electron chi connectivity index (χ4n) is 4.48. The summed E-state index contributed by atoms with van der Waals surface area (Å²) in [5.41, 5.74) is 5.81. The van der Waals surface area contributed by atoms with E-state index in [1.54, 1.807) is 6.07 Å². The highest BCUT2D eigenvalue weighted by atomic mass is 19.1. The van der Waals surface area contributed by atoms with Gasteiger partial charge in [0.1, 0.15) is 5.82 Å². The Morgan fingerprint density at radius 2 is 2.00 bits per heavy atom. The minimum absolute atomic E-state index is 0.151. The van der Waals surface area contributed by atoms with Crippen molar-refractivity contribution in [2.75, 3.05) is 11.9 Å². The molecule has 1 fully saturated rings. The van der Waals surface area contributed by atoms with Crippen molar-refractivity contribution in [3.05, 3.63) is 65.1 Å². The van der Waals surface area contributed by atoms with Crippen LogP contribution in [0.5, 0.6) is 0 Å². The number of aromatic nitrogens is 1. The van der Waals surface area contributed by atoms with E-state index < -0.39 is 0 Å². The van der Waals surface area contributed by atoms with Crippen molar-refractivity contribution < 1.29 is 9.13 Å². The van der Waals surface area contributed by atoms with Gasteiger partial charge < -0.3 is 14.2 Å². The zero-order valence-electron chi connectivity index (χ0n) is 14.5. The summed E-state index contributed by atoms with van der Waals surface area (Å²) < 4.78 is 22.4. The molecule has 4 heteroatoms. The quantitative estimate of drug-likeness (QED) is 0.679. The molecule has 5 rings (SSSR count). The van der Waals surface area contributed by atoms with Crippen molar-refractivity contribution in [1.29, 1.82) is 0 Å². The molecular weight excluding hydrogens is 315 g/mol. The van der Waals surface area contributed by atoms with Crippen LogP contribution in [0, 0.1) is 5.82 Å². The summed E-state index contributed by atoms with van der Waals surface area (Å²) in [4.78, 5) is 2.15. The van der Waals surface area contributed by atoms with E-state index in [9.17, 15) is 4.39 Å². The molecular formula is C21H21FN2O. The summed E-state index contributed by atoms with van der Waals surface area (Å²) in [6.07, 6.45) is 4.78. The Morgan fingerprint density at radius 1 is 1.20 bits per heavy atom. The minimum Gasteiger partial charge on any atom is -0.370 e. The zero-order chi connectivity index (χ0) is 17.1. The van der Waals surface area contributed by atoms with E-state index in [4.69, 9.17) is 4.74 Å². The Hall–Kier alpha value is -2.33. The van der Waals surface area contributed by atoms with Crippen molar-refractivity contribution in [3.63, 3.8) is 0 Å². The van der Waals surface area contributed by atoms with Crippen LogP contribution >= 0.6 is 0 Å². The van der Waals surface area contributed by atoms with Gasteiger partial charge in [0.25, 0.3) is 0 Å². The number of nitrogens with zero attached hydrogens (tertiary/aromatic N) is 2. The van der Waals surface area contributed by atoms with Gasteiger partial charge in [-0.3, -0.25) is 0 Å². The van der Waals surface area contributed by atoms with E-state index in [0.29, 0.717) is 12.1 Å². The first-order chi connectivity index (χ1) is 12.1. The largest absolute Gasteiger partial charge is 0.370 e. The molecule has 1 aromatic heterocycles. The number of ether oxygens (including phenoxy) is 1. The summed E-state index contributed by atoms with van der Waals surface area (Å²) in [5.74, 6) is -0.151. The molecule has 1 saturated heterocycles. The number of anilines is 1. The van der Waals surface area contributed by atoms with Gasteiger partial charge in [0, 0.05) is 49.0 Å². The highest BCUT2D eigenvalue weighted by molar-refractivity contribution is 5.97. The van der Waals surface area contributed by atoms with Crippen LogP contribution in [0.4, 0.5) is 10.1 Å². The van der Waals surface area contributed by atoms with Gasteiger partial charge in [0.2, 0.25) is 0 Å². The van der Waals surface area contributed by atoms with Crippen LogP contribution in [-0.2, 0) is 18.3 Å². The first-order valence-electron chi connectivity index (χ1n) is 8.85. The molecule has 0 unspecified atom stereocenters. The Bertz CT molecular complexity index is 977. The van der Waals surface area contributed by atoms with Gasteiger partial charge in [-0.15, -0.1) is 0 Å². The number of aryl methyl sites for hydroxylation is 1. The summed E-state index contributed by atoms with van der Waals surface area (Å²) in [6.45, 7) is 0.546. The number of hydrogen-bond donors (Lipinski definition) is 0. The molecule has 0 saturated carbocycles. The van der Waals surface area contributed by atoms with Gasteiger partial charge in [0.15, 0.2) is 0 Å². The summed E-state index contributed by atoms with van der Waals surface area (Å²) >= 11 is 0. The monoisotopic (exact) mass is 336 g/mol. The first-order valence-corrected chi connectivity index (χ1v) is 8.85. The Morgan fingerprint density at radius 3 is 2.84 bits per heavy atom. The third kappa shape index (κ3) is 2.13. The molecule has 0 spiro atoms. The van der Waals surface area contributed by atoms with E-state index in [1.165, 1.54) is 28.1 Å². The second kappa shape index (κ2) is 5.33. The highest BCUT2D eigenvalue weighted by Gasteiger charge is 2.40. The lowest BCUT2D eigenvalue weighted by atomic mass is 9.89. The third-order valence-electron chi connectivity index (χ3n) is 5.67. The van der Waals surface area contributed by atoms with Crippen LogP contribution in [0.1, 0.15) is 41.7 Å². The Balaban J connectivity index is 1.64. The zero-order valence-corrected chi connectivity index (χ0v) is 14.5. The first kappa shape index (κ1) is 15.0. The fourth-order valence-corrected chi connectivity index (χ4v) is 4.48. The molecule has 0 aliphatic carbocycles. The molecule has 2 atom stereocenters. The van der Waals surface area contributed by atoms with E-state index >= 15 is 0 Å². The smallest absolute Gasteiger partial charge is 0.128 e. The lowest BCUT2D eigenvalue weighted by Crippen LogP contribution is -2.18. The molecule has 2 aliphatic heterocycles. The van der Waals surface area contributed by atoms with E-state index in [0.717, 1.165) is 18.5 Å². The number of hydrogen-bond acceptors (Lipinski definition) is 2. The lowest BCUT2D eigenvalue weighted by molar-refractivity contribution is 0.0720. The Kier molecular flexibility index (Phi) is 3.19. The van der Waals surface area contributed by atoms with Gasteiger partial charge in [-0.25, -0.2) is 4.39 Å². The topological polar surface area (TPSA) is 17.4 Å². The fraction of sp³-hybridized carbons (Fsp3) is 0.333. The molecule has 3 heterocycles. The van der Waals surface area contributed by atoms with Crippen LogP contribution < -0.4 is 4.90 Å². The predicted octanol–water partition coefficient (Wildman–Crippen LogP) is 4.86. The predicted molar refractivity (Wildman–Crippen MR) is 97.2 cm³/mol. The van der Waals surface area contributed by atoms with Gasteiger partial charge in [0.05, 0.1) is 17.7 Å². The average Bonchev–Trinajstić information content (AvgIpc) is 3.31. The molecule has 25 heavy (non-hydrogen) atoms. The molecule has 3 nitrogen and oxygen atoms in total. The van der Waals surface area contributed by atoms with Crippen molar-refractivity contribution in [1.82, 2.24) is 4.57 Å². The van der Waals surface area contributed by atoms with Gasteiger partial charge >= 0.3 is 0 Å². The van der Waals surface area contributed by atoms with Crippen molar-refractivity contribution in [3.8, 4) is 0 Å². The molecule has 2 aliphatic rings. The maximum atomic E-state index is 14.1. The molecule has 2 aromatic carbocycles. The van der Waals surface area contributed by atoms with Gasteiger partial charge in [-0.1, -0.05) is 18.2 Å². The van der Waals surface area contributed by atoms with E-state index in [2.05, 4.69) is 34.8 Å².